The second-order valence-electron chi connectivity index (χ2n) is 6.28. The molecule has 0 amide bonds. The van der Waals surface area contributed by atoms with Gasteiger partial charge in [0.15, 0.2) is 0 Å². The molecule has 1 unspecified atom stereocenters. The number of rotatable bonds is 3. The molecule has 25 heavy (non-hydrogen) atoms. The van der Waals surface area contributed by atoms with Gasteiger partial charge in [0, 0.05) is 23.7 Å². The van der Waals surface area contributed by atoms with Gasteiger partial charge in [-0.2, -0.15) is 13.2 Å². The molecule has 1 heterocycles. The van der Waals surface area contributed by atoms with Gasteiger partial charge in [-0.15, -0.1) is 0 Å². The van der Waals surface area contributed by atoms with Crippen molar-refractivity contribution in [2.45, 2.75) is 24.6 Å². The Bertz CT molecular complexity index is 764. The number of hydrogen-bond acceptors (Lipinski definition) is 1. The van der Waals surface area contributed by atoms with Crippen LogP contribution >= 0.6 is 23.2 Å². The first kappa shape index (κ1) is 18.5. The summed E-state index contributed by atoms with van der Waals surface area (Å²) in [5, 5.41) is -0.404. The van der Waals surface area contributed by atoms with Crippen LogP contribution in [0.25, 0.3) is 0 Å². The lowest BCUT2D eigenvalue weighted by Gasteiger charge is -2.33. The fourth-order valence-electron chi connectivity index (χ4n) is 3.37. The zero-order chi connectivity index (χ0) is 18.2. The molecule has 1 atom stereocenters. The molecule has 0 radical (unpaired) electrons. The maximum Gasteiger partial charge on any atom is 0.399 e. The van der Waals surface area contributed by atoms with Crippen LogP contribution in [0.2, 0.25) is 10.0 Å². The van der Waals surface area contributed by atoms with Gasteiger partial charge in [-0.25, -0.2) is 4.39 Å². The predicted molar refractivity (Wildman–Crippen MR) is 90.5 cm³/mol. The average Bonchev–Trinajstić information content (AvgIpc) is 2.97. The van der Waals surface area contributed by atoms with Crippen molar-refractivity contribution >= 4 is 23.2 Å². The Balaban J connectivity index is 1.97. The Morgan fingerprint density at radius 3 is 2.40 bits per heavy atom. The normalized spacial score (nSPS) is 21.7. The summed E-state index contributed by atoms with van der Waals surface area (Å²) < 4.78 is 56.4. The van der Waals surface area contributed by atoms with Crippen molar-refractivity contribution in [1.29, 1.82) is 0 Å². The second-order valence-corrected chi connectivity index (χ2v) is 7.12. The molecule has 0 bridgehead atoms. The SMILES string of the molecule is Fc1c(Cl)cc(Cl)cc1C1(C(F)(F)F)CCN(Cc2ccccc2)C1. The van der Waals surface area contributed by atoms with Crippen molar-refractivity contribution in [3.05, 3.63) is 69.5 Å². The Kier molecular flexibility index (Phi) is 5.02. The molecule has 2 aromatic rings. The smallest absolute Gasteiger partial charge is 0.298 e. The summed E-state index contributed by atoms with van der Waals surface area (Å²) in [5.41, 5.74) is -1.89. The number of hydrogen-bond donors (Lipinski definition) is 0. The molecule has 7 heteroatoms. The highest BCUT2D eigenvalue weighted by molar-refractivity contribution is 6.34. The quantitative estimate of drug-likeness (QED) is 0.469. The maximum atomic E-state index is 14.5. The summed E-state index contributed by atoms with van der Waals surface area (Å²) in [5.74, 6) is -1.05. The van der Waals surface area contributed by atoms with Crippen LogP contribution in [-0.4, -0.2) is 24.2 Å². The average molecular weight is 392 g/mol. The van der Waals surface area contributed by atoms with E-state index in [0.29, 0.717) is 6.54 Å². The number of alkyl halides is 3. The van der Waals surface area contributed by atoms with Crippen molar-refractivity contribution in [1.82, 2.24) is 4.90 Å². The van der Waals surface area contributed by atoms with Crippen molar-refractivity contribution in [3.8, 4) is 0 Å². The minimum atomic E-state index is -4.62. The minimum absolute atomic E-state index is 0.00784. The van der Waals surface area contributed by atoms with E-state index in [2.05, 4.69) is 0 Å². The molecule has 0 aromatic heterocycles. The first-order chi connectivity index (χ1) is 11.7. The third-order valence-electron chi connectivity index (χ3n) is 4.65. The molecular weight excluding hydrogens is 377 g/mol. The molecule has 1 aliphatic rings. The van der Waals surface area contributed by atoms with Gasteiger partial charge in [0.25, 0.3) is 0 Å². The van der Waals surface area contributed by atoms with Crippen LogP contribution in [0.5, 0.6) is 0 Å². The van der Waals surface area contributed by atoms with Gasteiger partial charge in [0.2, 0.25) is 0 Å². The van der Waals surface area contributed by atoms with E-state index in [1.165, 1.54) is 0 Å². The van der Waals surface area contributed by atoms with Crippen LogP contribution in [0.4, 0.5) is 17.6 Å². The Morgan fingerprint density at radius 2 is 1.76 bits per heavy atom. The van der Waals surface area contributed by atoms with Gasteiger partial charge in [0.1, 0.15) is 11.2 Å². The number of benzene rings is 2. The third kappa shape index (κ3) is 3.50. The molecule has 134 valence electrons. The lowest BCUT2D eigenvalue weighted by molar-refractivity contribution is -0.187. The molecule has 2 aromatic carbocycles. The van der Waals surface area contributed by atoms with E-state index in [9.17, 15) is 17.6 Å². The molecular formula is C18H15Cl2F4N. The van der Waals surface area contributed by atoms with Gasteiger partial charge < -0.3 is 0 Å². The summed E-state index contributed by atoms with van der Waals surface area (Å²) >= 11 is 11.6. The Labute approximate surface area is 153 Å². The molecule has 1 aliphatic heterocycles. The summed E-state index contributed by atoms with van der Waals surface area (Å²) in [7, 11) is 0. The summed E-state index contributed by atoms with van der Waals surface area (Å²) in [6.07, 6.45) is -4.86. The molecule has 0 N–H and O–H groups in total. The lowest BCUT2D eigenvalue weighted by Crippen LogP contribution is -2.45. The van der Waals surface area contributed by atoms with E-state index in [0.717, 1.165) is 17.7 Å². The van der Waals surface area contributed by atoms with E-state index in [1.54, 1.807) is 4.90 Å². The van der Waals surface area contributed by atoms with E-state index >= 15 is 0 Å². The van der Waals surface area contributed by atoms with Gasteiger partial charge in [-0.3, -0.25) is 4.90 Å². The van der Waals surface area contributed by atoms with Crippen LogP contribution in [0.15, 0.2) is 42.5 Å². The van der Waals surface area contributed by atoms with Crippen molar-refractivity contribution < 1.29 is 17.6 Å². The van der Waals surface area contributed by atoms with Crippen LogP contribution in [0.3, 0.4) is 0 Å². The van der Waals surface area contributed by atoms with Crippen LogP contribution < -0.4 is 0 Å². The van der Waals surface area contributed by atoms with Crippen LogP contribution in [-0.2, 0) is 12.0 Å². The summed E-state index contributed by atoms with van der Waals surface area (Å²) in [6.45, 7) is 0.242. The molecule has 3 rings (SSSR count). The second kappa shape index (κ2) is 6.78. The zero-order valence-electron chi connectivity index (χ0n) is 13.1. The first-order valence-electron chi connectivity index (χ1n) is 7.71. The zero-order valence-corrected chi connectivity index (χ0v) is 14.6. The molecule has 1 nitrogen and oxygen atoms in total. The van der Waals surface area contributed by atoms with Gasteiger partial charge in [0.05, 0.1) is 5.02 Å². The van der Waals surface area contributed by atoms with Crippen molar-refractivity contribution in [2.24, 2.45) is 0 Å². The number of halogens is 6. The van der Waals surface area contributed by atoms with Gasteiger partial charge in [-0.05, 0) is 30.7 Å². The highest BCUT2D eigenvalue weighted by atomic mass is 35.5. The monoisotopic (exact) mass is 391 g/mol. The van der Waals surface area contributed by atoms with Gasteiger partial charge >= 0.3 is 6.18 Å². The summed E-state index contributed by atoms with van der Waals surface area (Å²) in [4.78, 5) is 1.68. The van der Waals surface area contributed by atoms with E-state index in [-0.39, 0.29) is 24.5 Å². The fraction of sp³-hybridized carbons (Fsp3) is 0.333. The Morgan fingerprint density at radius 1 is 1.08 bits per heavy atom. The van der Waals surface area contributed by atoms with Crippen LogP contribution in [0.1, 0.15) is 17.5 Å². The number of nitrogens with zero attached hydrogens (tertiary/aromatic N) is 1. The largest absolute Gasteiger partial charge is 0.399 e. The van der Waals surface area contributed by atoms with E-state index < -0.39 is 28.0 Å². The van der Waals surface area contributed by atoms with E-state index in [4.69, 9.17) is 23.2 Å². The molecule has 0 aliphatic carbocycles. The standard InChI is InChI=1S/C18H15Cl2F4N/c19-13-8-14(16(21)15(20)9-13)17(18(22,23)24)6-7-25(11-17)10-12-4-2-1-3-5-12/h1-5,8-9H,6-7,10-11H2. The maximum absolute atomic E-state index is 14.5. The highest BCUT2D eigenvalue weighted by Gasteiger charge is 2.60. The lowest BCUT2D eigenvalue weighted by atomic mass is 9.78. The third-order valence-corrected chi connectivity index (χ3v) is 5.14. The van der Waals surface area contributed by atoms with E-state index in [1.807, 2.05) is 30.3 Å². The van der Waals surface area contributed by atoms with Gasteiger partial charge in [-0.1, -0.05) is 53.5 Å². The molecule has 1 saturated heterocycles. The topological polar surface area (TPSA) is 3.24 Å². The minimum Gasteiger partial charge on any atom is -0.298 e. The highest BCUT2D eigenvalue weighted by Crippen LogP contribution is 2.50. The first-order valence-corrected chi connectivity index (χ1v) is 8.46. The summed E-state index contributed by atoms with van der Waals surface area (Å²) in [6, 6.07) is 11.4. The van der Waals surface area contributed by atoms with Crippen molar-refractivity contribution in [3.63, 3.8) is 0 Å². The van der Waals surface area contributed by atoms with Crippen LogP contribution in [0, 0.1) is 5.82 Å². The fourth-order valence-corrected chi connectivity index (χ4v) is 3.87. The Hall–Kier alpha value is -1.30. The molecule has 0 spiro atoms. The number of likely N-dealkylation sites (tertiary alicyclic amines) is 1. The molecule has 1 fully saturated rings. The predicted octanol–water partition coefficient (Wildman–Crippen LogP) is 5.84. The molecule has 0 saturated carbocycles. The van der Waals surface area contributed by atoms with Crippen molar-refractivity contribution in [2.75, 3.05) is 13.1 Å².